The summed E-state index contributed by atoms with van der Waals surface area (Å²) in [5.41, 5.74) is 0.659. The van der Waals surface area contributed by atoms with Gasteiger partial charge in [0.1, 0.15) is 12.4 Å². The maximum Gasteiger partial charge on any atom is 0.338 e. The first-order valence-electron chi connectivity index (χ1n) is 5.18. The fraction of sp³-hybridized carbons (Fsp3) is 0.333. The SMILES string of the molecule is CNC(=O)CCOC(=O)c1ccc(F)c(C)c1. The van der Waals surface area contributed by atoms with Crippen LogP contribution in [0.1, 0.15) is 22.3 Å². The van der Waals surface area contributed by atoms with Crippen molar-refractivity contribution in [2.75, 3.05) is 13.7 Å². The summed E-state index contributed by atoms with van der Waals surface area (Å²) in [6, 6.07) is 3.98. The number of hydrogen-bond acceptors (Lipinski definition) is 3. The lowest BCUT2D eigenvalue weighted by molar-refractivity contribution is -0.121. The molecule has 0 fully saturated rings. The van der Waals surface area contributed by atoms with Crippen molar-refractivity contribution in [3.63, 3.8) is 0 Å². The Morgan fingerprint density at radius 2 is 2.12 bits per heavy atom. The lowest BCUT2D eigenvalue weighted by atomic mass is 10.1. The number of amides is 1. The van der Waals surface area contributed by atoms with Gasteiger partial charge in [-0.1, -0.05) is 0 Å². The molecule has 4 nitrogen and oxygen atoms in total. The van der Waals surface area contributed by atoms with E-state index in [4.69, 9.17) is 4.74 Å². The van der Waals surface area contributed by atoms with Crippen LogP contribution in [0.25, 0.3) is 0 Å². The fourth-order valence-corrected chi connectivity index (χ4v) is 1.22. The highest BCUT2D eigenvalue weighted by atomic mass is 19.1. The predicted octanol–water partition coefficient (Wildman–Crippen LogP) is 1.43. The highest BCUT2D eigenvalue weighted by Gasteiger charge is 2.09. The number of nitrogens with one attached hydrogen (secondary N) is 1. The van der Waals surface area contributed by atoms with Gasteiger partial charge in [0.15, 0.2) is 0 Å². The molecule has 0 bridgehead atoms. The van der Waals surface area contributed by atoms with Gasteiger partial charge >= 0.3 is 5.97 Å². The predicted molar refractivity (Wildman–Crippen MR) is 60.1 cm³/mol. The molecular weight excluding hydrogens is 225 g/mol. The highest BCUT2D eigenvalue weighted by Crippen LogP contribution is 2.10. The fourth-order valence-electron chi connectivity index (χ4n) is 1.22. The van der Waals surface area contributed by atoms with E-state index in [9.17, 15) is 14.0 Å². The van der Waals surface area contributed by atoms with Gasteiger partial charge in [-0.05, 0) is 30.7 Å². The number of carbonyl (C=O) groups is 2. The molecule has 17 heavy (non-hydrogen) atoms. The van der Waals surface area contributed by atoms with Gasteiger partial charge in [0.25, 0.3) is 0 Å². The zero-order valence-corrected chi connectivity index (χ0v) is 9.75. The quantitative estimate of drug-likeness (QED) is 0.808. The van der Waals surface area contributed by atoms with Crippen molar-refractivity contribution >= 4 is 11.9 Å². The van der Waals surface area contributed by atoms with E-state index >= 15 is 0 Å². The van der Waals surface area contributed by atoms with Crippen LogP contribution in [0.4, 0.5) is 4.39 Å². The molecule has 1 aromatic carbocycles. The molecule has 0 radical (unpaired) electrons. The summed E-state index contributed by atoms with van der Waals surface area (Å²) in [6.45, 7) is 1.57. The molecule has 0 spiro atoms. The molecule has 0 aromatic heterocycles. The Hall–Kier alpha value is -1.91. The third-order valence-electron chi connectivity index (χ3n) is 2.23. The summed E-state index contributed by atoms with van der Waals surface area (Å²) >= 11 is 0. The van der Waals surface area contributed by atoms with Gasteiger partial charge in [-0.15, -0.1) is 0 Å². The van der Waals surface area contributed by atoms with Gasteiger partial charge < -0.3 is 10.1 Å². The van der Waals surface area contributed by atoms with Crippen molar-refractivity contribution in [3.05, 3.63) is 35.1 Å². The maximum atomic E-state index is 13.0. The van der Waals surface area contributed by atoms with E-state index in [1.807, 2.05) is 0 Å². The van der Waals surface area contributed by atoms with Crippen LogP contribution in [0.3, 0.4) is 0 Å². The number of benzene rings is 1. The van der Waals surface area contributed by atoms with Crippen LogP contribution in [0.15, 0.2) is 18.2 Å². The molecule has 5 heteroatoms. The van der Waals surface area contributed by atoms with E-state index in [0.29, 0.717) is 5.56 Å². The molecule has 0 heterocycles. The standard InChI is InChI=1S/C12H14FNO3/c1-8-7-9(3-4-10(8)13)12(16)17-6-5-11(15)14-2/h3-4,7H,5-6H2,1-2H3,(H,14,15). The van der Waals surface area contributed by atoms with Gasteiger partial charge in [0, 0.05) is 7.05 Å². The summed E-state index contributed by atoms with van der Waals surface area (Å²) < 4.78 is 17.8. The van der Waals surface area contributed by atoms with Gasteiger partial charge in [-0.25, -0.2) is 9.18 Å². The average molecular weight is 239 g/mol. The maximum absolute atomic E-state index is 13.0. The second-order valence-corrected chi connectivity index (χ2v) is 3.52. The zero-order valence-electron chi connectivity index (χ0n) is 9.75. The summed E-state index contributed by atoms with van der Waals surface area (Å²) in [7, 11) is 1.51. The van der Waals surface area contributed by atoms with Crippen LogP contribution in [0, 0.1) is 12.7 Å². The smallest absolute Gasteiger partial charge is 0.338 e. The van der Waals surface area contributed by atoms with E-state index in [-0.39, 0.29) is 30.3 Å². The van der Waals surface area contributed by atoms with Crippen LogP contribution in [-0.2, 0) is 9.53 Å². The molecule has 0 aliphatic rings. The molecule has 1 N–H and O–H groups in total. The van der Waals surface area contributed by atoms with Crippen LogP contribution in [0.2, 0.25) is 0 Å². The van der Waals surface area contributed by atoms with E-state index in [0.717, 1.165) is 0 Å². The lowest BCUT2D eigenvalue weighted by Crippen LogP contribution is -2.20. The summed E-state index contributed by atoms with van der Waals surface area (Å²) in [5.74, 6) is -1.13. The Morgan fingerprint density at radius 1 is 1.41 bits per heavy atom. The minimum atomic E-state index is -0.558. The van der Waals surface area contributed by atoms with E-state index in [1.165, 1.54) is 25.2 Å². The third kappa shape index (κ3) is 3.86. The molecule has 0 saturated heterocycles. The molecule has 0 unspecified atom stereocenters. The molecule has 0 aliphatic heterocycles. The lowest BCUT2D eigenvalue weighted by Gasteiger charge is -2.05. The van der Waals surface area contributed by atoms with Crippen molar-refractivity contribution in [1.82, 2.24) is 5.32 Å². The molecule has 1 rings (SSSR count). The van der Waals surface area contributed by atoms with Crippen LogP contribution in [0.5, 0.6) is 0 Å². The Balaban J connectivity index is 2.52. The Labute approximate surface area is 98.8 Å². The highest BCUT2D eigenvalue weighted by molar-refractivity contribution is 5.89. The monoisotopic (exact) mass is 239 g/mol. The topological polar surface area (TPSA) is 55.4 Å². The Bertz CT molecular complexity index is 432. The van der Waals surface area contributed by atoms with E-state index in [1.54, 1.807) is 6.92 Å². The van der Waals surface area contributed by atoms with Crippen LogP contribution in [-0.4, -0.2) is 25.5 Å². The molecule has 1 amide bonds. The average Bonchev–Trinajstić information content (AvgIpc) is 2.32. The molecule has 92 valence electrons. The van der Waals surface area contributed by atoms with E-state index < -0.39 is 5.97 Å². The molecule has 0 atom stereocenters. The minimum absolute atomic E-state index is 0.00886. The minimum Gasteiger partial charge on any atom is -0.462 e. The van der Waals surface area contributed by atoms with Crippen molar-refractivity contribution in [1.29, 1.82) is 0 Å². The van der Waals surface area contributed by atoms with Crippen molar-refractivity contribution in [2.24, 2.45) is 0 Å². The zero-order chi connectivity index (χ0) is 12.8. The van der Waals surface area contributed by atoms with Crippen LogP contribution < -0.4 is 5.32 Å². The number of carbonyl (C=O) groups excluding carboxylic acids is 2. The number of halogens is 1. The number of hydrogen-bond donors (Lipinski definition) is 1. The van der Waals surface area contributed by atoms with Gasteiger partial charge in [-0.2, -0.15) is 0 Å². The van der Waals surface area contributed by atoms with Crippen molar-refractivity contribution in [3.8, 4) is 0 Å². The summed E-state index contributed by atoms with van der Waals surface area (Å²) in [4.78, 5) is 22.4. The first kappa shape index (κ1) is 13.2. The normalized spacial score (nSPS) is 9.82. The van der Waals surface area contributed by atoms with E-state index in [2.05, 4.69) is 5.32 Å². The van der Waals surface area contributed by atoms with Gasteiger partial charge in [0.2, 0.25) is 5.91 Å². The van der Waals surface area contributed by atoms with Gasteiger partial charge in [-0.3, -0.25) is 4.79 Å². The van der Waals surface area contributed by atoms with Gasteiger partial charge in [0.05, 0.1) is 12.0 Å². The molecule has 1 aromatic rings. The van der Waals surface area contributed by atoms with Crippen molar-refractivity contribution < 1.29 is 18.7 Å². The number of esters is 1. The summed E-state index contributed by atoms with van der Waals surface area (Å²) in [6.07, 6.45) is 0.114. The van der Waals surface area contributed by atoms with Crippen LogP contribution >= 0.6 is 0 Å². The second-order valence-electron chi connectivity index (χ2n) is 3.52. The van der Waals surface area contributed by atoms with Crippen molar-refractivity contribution in [2.45, 2.75) is 13.3 Å². The largest absolute Gasteiger partial charge is 0.462 e. The second kappa shape index (κ2) is 5.98. The number of aryl methyl sites for hydroxylation is 1. The third-order valence-corrected chi connectivity index (χ3v) is 2.23. The molecular formula is C12H14FNO3. The first-order valence-corrected chi connectivity index (χ1v) is 5.18. The summed E-state index contributed by atoms with van der Waals surface area (Å²) in [5, 5.41) is 2.42. The number of ether oxygens (including phenoxy) is 1. The Kier molecular flexibility index (Phi) is 4.63. The Morgan fingerprint density at radius 3 is 2.71 bits per heavy atom. The first-order chi connectivity index (χ1) is 8.04. The molecule has 0 saturated carbocycles. The number of rotatable bonds is 4. The molecule has 0 aliphatic carbocycles.